The minimum atomic E-state index is -2.30. The molecular formula is C2H2Cl3IO2. The Morgan fingerprint density at radius 1 is 1.12 bits per heavy atom. The summed E-state index contributed by atoms with van der Waals surface area (Å²) in [5, 5.41) is 17.0. The summed E-state index contributed by atoms with van der Waals surface area (Å²) in [6.07, 6.45) is 0. The van der Waals surface area contributed by atoms with E-state index in [1.807, 2.05) is 0 Å². The number of hydrogen-bond acceptors (Lipinski definition) is 2. The normalized spacial score (nSPS) is 14.2. The summed E-state index contributed by atoms with van der Waals surface area (Å²) >= 11 is 16.3. The average molecular weight is 291 g/mol. The third-order valence-electron chi connectivity index (χ3n) is 0.361. The quantitative estimate of drug-likeness (QED) is 0.403. The maximum absolute atomic E-state index is 8.50. The van der Waals surface area contributed by atoms with Crippen molar-refractivity contribution in [2.24, 2.45) is 0 Å². The Kier molecular flexibility index (Phi) is 3.14. The molecule has 0 aliphatic heterocycles. The van der Waals surface area contributed by atoms with Gasteiger partial charge >= 0.3 is 0 Å². The van der Waals surface area contributed by atoms with Gasteiger partial charge in [0.15, 0.2) is 0 Å². The van der Waals surface area contributed by atoms with Crippen molar-refractivity contribution in [1.82, 2.24) is 0 Å². The van der Waals surface area contributed by atoms with Gasteiger partial charge in [-0.1, -0.05) is 34.8 Å². The highest BCUT2D eigenvalue weighted by Gasteiger charge is 2.43. The monoisotopic (exact) mass is 290 g/mol. The minimum absolute atomic E-state index is 1.20. The molecule has 0 aromatic rings. The Morgan fingerprint density at radius 3 is 1.25 bits per heavy atom. The molecular weight excluding hydrogens is 289 g/mol. The van der Waals surface area contributed by atoms with Crippen molar-refractivity contribution in [3.8, 4) is 0 Å². The van der Waals surface area contributed by atoms with Gasteiger partial charge in [0, 0.05) is 0 Å². The summed E-state index contributed by atoms with van der Waals surface area (Å²) in [7, 11) is 0. The topological polar surface area (TPSA) is 40.5 Å². The maximum atomic E-state index is 8.50. The molecule has 8 heavy (non-hydrogen) atoms. The van der Waals surface area contributed by atoms with E-state index in [-0.39, 0.29) is 0 Å². The van der Waals surface area contributed by atoms with Crippen molar-refractivity contribution in [3.05, 3.63) is 0 Å². The van der Waals surface area contributed by atoms with Crippen LogP contribution in [-0.2, 0) is 0 Å². The van der Waals surface area contributed by atoms with E-state index in [1.165, 1.54) is 22.6 Å². The fourth-order valence-electron chi connectivity index (χ4n) is 0. The summed E-state index contributed by atoms with van der Waals surface area (Å²) in [5.74, 6) is 0. The van der Waals surface area contributed by atoms with Crippen molar-refractivity contribution in [3.63, 3.8) is 0 Å². The molecule has 0 fully saturated rings. The molecule has 50 valence electrons. The third kappa shape index (κ3) is 2.89. The lowest BCUT2D eigenvalue weighted by molar-refractivity contribution is -0.0538. The molecule has 0 aromatic heterocycles. The minimum Gasteiger partial charge on any atom is -0.354 e. The summed E-state index contributed by atoms with van der Waals surface area (Å²) < 4.78 is -4.34. The van der Waals surface area contributed by atoms with Crippen LogP contribution in [0.4, 0.5) is 0 Å². The van der Waals surface area contributed by atoms with E-state index in [0.717, 1.165) is 0 Å². The molecule has 0 unspecified atom stereocenters. The van der Waals surface area contributed by atoms with Crippen LogP contribution in [0.15, 0.2) is 0 Å². The van der Waals surface area contributed by atoms with Gasteiger partial charge in [0.2, 0.25) is 0 Å². The van der Waals surface area contributed by atoms with Gasteiger partial charge in [0.05, 0.1) is 0 Å². The SMILES string of the molecule is OC(O)(I)C(Cl)(Cl)Cl. The van der Waals surface area contributed by atoms with E-state index in [9.17, 15) is 0 Å². The molecule has 0 radical (unpaired) electrons. The summed E-state index contributed by atoms with van der Waals surface area (Å²) in [6, 6.07) is 0. The number of rotatable bonds is 0. The molecule has 0 atom stereocenters. The van der Waals surface area contributed by atoms with Gasteiger partial charge in [-0.15, -0.1) is 0 Å². The average Bonchev–Trinajstić information content (AvgIpc) is 1.25. The summed E-state index contributed by atoms with van der Waals surface area (Å²) in [6.45, 7) is 0. The van der Waals surface area contributed by atoms with E-state index >= 15 is 0 Å². The highest BCUT2D eigenvalue weighted by Crippen LogP contribution is 2.40. The van der Waals surface area contributed by atoms with Gasteiger partial charge in [0.25, 0.3) is 7.59 Å². The molecule has 0 heterocycles. The van der Waals surface area contributed by atoms with Crippen LogP contribution in [-0.4, -0.2) is 17.8 Å². The first-order valence-electron chi connectivity index (χ1n) is 1.45. The predicted molar refractivity (Wildman–Crippen MR) is 41.5 cm³/mol. The van der Waals surface area contributed by atoms with Crippen molar-refractivity contribution in [2.75, 3.05) is 0 Å². The largest absolute Gasteiger partial charge is 0.354 e. The van der Waals surface area contributed by atoms with Gasteiger partial charge in [-0.2, -0.15) is 0 Å². The van der Waals surface area contributed by atoms with Crippen molar-refractivity contribution < 1.29 is 10.2 Å². The third-order valence-corrected chi connectivity index (χ3v) is 2.92. The zero-order chi connectivity index (χ0) is 7.00. The Balaban J connectivity index is 4.02. The van der Waals surface area contributed by atoms with E-state index < -0.39 is 7.59 Å². The van der Waals surface area contributed by atoms with Gasteiger partial charge in [0.1, 0.15) is 0 Å². The van der Waals surface area contributed by atoms with Crippen LogP contribution in [0.5, 0.6) is 0 Å². The molecule has 0 rings (SSSR count). The molecule has 0 spiro atoms. The second kappa shape index (κ2) is 2.64. The van der Waals surface area contributed by atoms with Crippen molar-refractivity contribution in [2.45, 2.75) is 7.59 Å². The van der Waals surface area contributed by atoms with E-state index in [2.05, 4.69) is 0 Å². The molecule has 0 aliphatic carbocycles. The molecule has 6 heteroatoms. The molecule has 2 nitrogen and oxygen atoms in total. The first-order valence-corrected chi connectivity index (χ1v) is 3.67. The Morgan fingerprint density at radius 2 is 1.25 bits per heavy atom. The maximum Gasteiger partial charge on any atom is 0.265 e. The lowest BCUT2D eigenvalue weighted by Gasteiger charge is -2.21. The number of halogens is 4. The lowest BCUT2D eigenvalue weighted by atomic mass is 10.7. The smallest absolute Gasteiger partial charge is 0.265 e. The van der Waals surface area contributed by atoms with E-state index in [4.69, 9.17) is 45.0 Å². The van der Waals surface area contributed by atoms with Crippen LogP contribution < -0.4 is 0 Å². The number of hydrogen-bond donors (Lipinski definition) is 2. The van der Waals surface area contributed by atoms with Gasteiger partial charge in [-0.25, -0.2) is 0 Å². The van der Waals surface area contributed by atoms with Crippen molar-refractivity contribution in [1.29, 1.82) is 0 Å². The standard InChI is InChI=1S/C2H2Cl3IO2/c3-1(4,5)2(6,7)8/h7-8H. The molecule has 0 amide bonds. The highest BCUT2D eigenvalue weighted by atomic mass is 127. The van der Waals surface area contributed by atoms with Gasteiger partial charge in [-0.3, -0.25) is 0 Å². The molecule has 0 aromatic carbocycles. The first kappa shape index (κ1) is 9.52. The predicted octanol–water partition coefficient (Wildman–Crippen LogP) is 1.43. The highest BCUT2D eigenvalue weighted by molar-refractivity contribution is 14.1. The summed E-state index contributed by atoms with van der Waals surface area (Å²) in [5.41, 5.74) is 0. The van der Waals surface area contributed by atoms with Crippen LogP contribution in [0.2, 0.25) is 0 Å². The number of aliphatic hydroxyl groups is 2. The Bertz CT molecular complexity index is 70.3. The second-order valence-corrected chi connectivity index (χ2v) is 4.87. The van der Waals surface area contributed by atoms with Crippen LogP contribution in [0.1, 0.15) is 0 Å². The number of alkyl halides is 4. The zero-order valence-electron chi connectivity index (χ0n) is 3.41. The van der Waals surface area contributed by atoms with Crippen LogP contribution in [0.3, 0.4) is 0 Å². The molecule has 0 bridgehead atoms. The van der Waals surface area contributed by atoms with Crippen molar-refractivity contribution >= 4 is 57.4 Å². The van der Waals surface area contributed by atoms with Crippen LogP contribution in [0.25, 0.3) is 0 Å². The van der Waals surface area contributed by atoms with Crippen LogP contribution in [0, 0.1) is 0 Å². The molecule has 2 N–H and O–H groups in total. The molecule has 0 aliphatic rings. The van der Waals surface area contributed by atoms with Crippen LogP contribution >= 0.6 is 57.4 Å². The molecule has 0 saturated carbocycles. The lowest BCUT2D eigenvalue weighted by Crippen LogP contribution is -2.35. The van der Waals surface area contributed by atoms with E-state index in [0.29, 0.717) is 0 Å². The summed E-state index contributed by atoms with van der Waals surface area (Å²) in [4.78, 5) is 0. The Hall–Kier alpha value is 1.52. The van der Waals surface area contributed by atoms with Gasteiger partial charge < -0.3 is 10.2 Å². The molecule has 0 saturated heterocycles. The van der Waals surface area contributed by atoms with E-state index in [1.54, 1.807) is 0 Å². The second-order valence-electron chi connectivity index (χ2n) is 1.08. The van der Waals surface area contributed by atoms with Gasteiger partial charge in [-0.05, 0) is 22.6 Å². The zero-order valence-corrected chi connectivity index (χ0v) is 7.83. The fourth-order valence-corrected chi connectivity index (χ4v) is 0. The fraction of sp³-hybridized carbons (Fsp3) is 1.00. The first-order chi connectivity index (χ1) is 3.25. The Labute approximate surface area is 74.9 Å².